The molecule has 1 aromatic rings. The van der Waals surface area contributed by atoms with Gasteiger partial charge in [-0.2, -0.15) is 0 Å². The highest BCUT2D eigenvalue weighted by Crippen LogP contribution is 2.28. The van der Waals surface area contributed by atoms with Crippen molar-refractivity contribution in [2.45, 2.75) is 52.5 Å². The van der Waals surface area contributed by atoms with Crippen molar-refractivity contribution in [3.63, 3.8) is 0 Å². The molecule has 1 N–H and O–H groups in total. The second-order valence-electron chi connectivity index (χ2n) is 5.08. The summed E-state index contributed by atoms with van der Waals surface area (Å²) in [5.41, 5.74) is 4.42. The van der Waals surface area contributed by atoms with Gasteiger partial charge in [0, 0.05) is 6.04 Å². The molecule has 0 heterocycles. The lowest BCUT2D eigenvalue weighted by atomic mass is 9.86. The lowest BCUT2D eigenvalue weighted by Gasteiger charge is -2.23. The van der Waals surface area contributed by atoms with E-state index in [1.54, 1.807) is 0 Å². The van der Waals surface area contributed by atoms with E-state index < -0.39 is 0 Å². The minimum Gasteiger partial charge on any atom is -0.317 e. The highest BCUT2D eigenvalue weighted by Gasteiger charge is 2.16. The highest BCUT2D eigenvalue weighted by molar-refractivity contribution is 5.38. The van der Waals surface area contributed by atoms with Gasteiger partial charge in [0.2, 0.25) is 0 Å². The summed E-state index contributed by atoms with van der Waals surface area (Å²) >= 11 is 0. The molecule has 1 aromatic carbocycles. The van der Waals surface area contributed by atoms with E-state index in [2.05, 4.69) is 58.1 Å². The molecule has 1 rings (SSSR count). The van der Waals surface area contributed by atoms with Crippen LogP contribution in [0.15, 0.2) is 18.2 Å². The Kier molecular flexibility index (Phi) is 4.55. The van der Waals surface area contributed by atoms with Gasteiger partial charge in [-0.25, -0.2) is 0 Å². The normalized spacial score (nSPS) is 15.2. The summed E-state index contributed by atoms with van der Waals surface area (Å²) in [6.07, 6.45) is 0. The summed E-state index contributed by atoms with van der Waals surface area (Å²) in [5, 5.41) is 3.34. The summed E-state index contributed by atoms with van der Waals surface area (Å²) in [6, 6.07) is 7.22. The van der Waals surface area contributed by atoms with Crippen LogP contribution in [-0.2, 0) is 0 Å². The van der Waals surface area contributed by atoms with Crippen molar-refractivity contribution in [3.8, 4) is 0 Å². The fraction of sp³-hybridized carbons (Fsp3) is 0.600. The van der Waals surface area contributed by atoms with Crippen LogP contribution in [0.2, 0.25) is 0 Å². The first kappa shape index (κ1) is 13.2. The van der Waals surface area contributed by atoms with Crippen molar-refractivity contribution < 1.29 is 0 Å². The first-order valence-electron chi connectivity index (χ1n) is 6.25. The molecule has 0 amide bonds. The zero-order valence-electron chi connectivity index (χ0n) is 11.5. The summed E-state index contributed by atoms with van der Waals surface area (Å²) in [5.74, 6) is 1.17. The second kappa shape index (κ2) is 5.49. The first-order valence-corrected chi connectivity index (χ1v) is 6.25. The van der Waals surface area contributed by atoms with E-state index in [1.807, 2.05) is 7.05 Å². The van der Waals surface area contributed by atoms with E-state index in [0.29, 0.717) is 17.9 Å². The first-order chi connectivity index (χ1) is 7.49. The van der Waals surface area contributed by atoms with Gasteiger partial charge in [-0.05, 0) is 49.4 Å². The smallest absolute Gasteiger partial charge is 0.0102 e. The van der Waals surface area contributed by atoms with E-state index in [1.165, 1.54) is 16.7 Å². The van der Waals surface area contributed by atoms with Crippen LogP contribution in [0.4, 0.5) is 0 Å². The van der Waals surface area contributed by atoms with Gasteiger partial charge >= 0.3 is 0 Å². The fourth-order valence-electron chi connectivity index (χ4n) is 2.31. The van der Waals surface area contributed by atoms with Crippen molar-refractivity contribution in [1.82, 2.24) is 5.32 Å². The molecule has 1 nitrogen and oxygen atoms in total. The van der Waals surface area contributed by atoms with E-state index in [4.69, 9.17) is 0 Å². The summed E-state index contributed by atoms with van der Waals surface area (Å²) in [6.45, 7) is 11.3. The van der Waals surface area contributed by atoms with E-state index in [-0.39, 0.29) is 0 Å². The lowest BCUT2D eigenvalue weighted by Crippen LogP contribution is -2.27. The van der Waals surface area contributed by atoms with Crippen LogP contribution in [0.3, 0.4) is 0 Å². The Bertz CT molecular complexity index is 341. The molecule has 0 aromatic heterocycles. The molecule has 90 valence electrons. The molecular formula is C15H25N. The highest BCUT2D eigenvalue weighted by atomic mass is 14.9. The minimum absolute atomic E-state index is 0.515. The monoisotopic (exact) mass is 219 g/mol. The maximum Gasteiger partial charge on any atom is 0.0102 e. The van der Waals surface area contributed by atoms with Crippen LogP contribution in [0.25, 0.3) is 0 Å². The predicted octanol–water partition coefficient (Wildman–Crippen LogP) is 3.83. The Morgan fingerprint density at radius 3 is 2.06 bits per heavy atom. The zero-order valence-corrected chi connectivity index (χ0v) is 11.5. The molecule has 0 saturated heterocycles. The van der Waals surface area contributed by atoms with E-state index in [0.717, 1.165) is 0 Å². The summed E-state index contributed by atoms with van der Waals surface area (Å²) in [4.78, 5) is 0. The molecule has 0 radical (unpaired) electrons. The molecule has 0 bridgehead atoms. The van der Waals surface area contributed by atoms with Crippen LogP contribution in [0.5, 0.6) is 0 Å². The van der Waals surface area contributed by atoms with Gasteiger partial charge in [0.15, 0.2) is 0 Å². The number of nitrogens with one attached hydrogen (secondary N) is 1. The molecule has 0 saturated carbocycles. The number of likely N-dealkylation sites (N-methyl/N-ethyl adjacent to an activating group) is 1. The molecule has 0 aliphatic heterocycles. The summed E-state index contributed by atoms with van der Waals surface area (Å²) in [7, 11) is 2.03. The second-order valence-corrected chi connectivity index (χ2v) is 5.08. The van der Waals surface area contributed by atoms with Gasteiger partial charge in [-0.3, -0.25) is 0 Å². The Labute approximate surface area is 100 Å². The van der Waals surface area contributed by atoms with Crippen molar-refractivity contribution in [2.24, 2.45) is 0 Å². The van der Waals surface area contributed by atoms with Gasteiger partial charge in [0.25, 0.3) is 0 Å². The SMILES string of the molecule is CNC(C)C(C)c1cccc(C(C)C)c1C. The molecule has 0 aliphatic carbocycles. The van der Waals surface area contributed by atoms with Crippen LogP contribution < -0.4 is 5.32 Å². The largest absolute Gasteiger partial charge is 0.317 e. The topological polar surface area (TPSA) is 12.0 Å². The average molecular weight is 219 g/mol. The Morgan fingerprint density at radius 2 is 1.56 bits per heavy atom. The van der Waals surface area contributed by atoms with Crippen molar-refractivity contribution in [3.05, 3.63) is 34.9 Å². The van der Waals surface area contributed by atoms with Crippen LogP contribution in [0.1, 0.15) is 56.2 Å². The van der Waals surface area contributed by atoms with Crippen molar-refractivity contribution >= 4 is 0 Å². The molecule has 0 aliphatic rings. The third kappa shape index (κ3) is 2.65. The predicted molar refractivity (Wildman–Crippen MR) is 72.2 cm³/mol. The van der Waals surface area contributed by atoms with Gasteiger partial charge < -0.3 is 5.32 Å². The maximum absolute atomic E-state index is 3.34. The van der Waals surface area contributed by atoms with Gasteiger partial charge in [-0.15, -0.1) is 0 Å². The molecule has 16 heavy (non-hydrogen) atoms. The molecular weight excluding hydrogens is 194 g/mol. The van der Waals surface area contributed by atoms with Crippen molar-refractivity contribution in [2.75, 3.05) is 7.05 Å². The Hall–Kier alpha value is -0.820. The van der Waals surface area contributed by atoms with Gasteiger partial charge in [-0.1, -0.05) is 39.0 Å². The Balaban J connectivity index is 3.10. The van der Waals surface area contributed by atoms with E-state index in [9.17, 15) is 0 Å². The minimum atomic E-state index is 0.515. The maximum atomic E-state index is 3.34. The molecule has 0 fully saturated rings. The van der Waals surface area contributed by atoms with Gasteiger partial charge in [0.05, 0.1) is 0 Å². The standard InChI is InChI=1S/C15H25N/c1-10(2)14-8-7-9-15(12(14)4)11(3)13(5)16-6/h7-11,13,16H,1-6H3. The van der Waals surface area contributed by atoms with E-state index >= 15 is 0 Å². The molecule has 1 heteroatoms. The third-order valence-corrected chi connectivity index (χ3v) is 3.74. The Morgan fingerprint density at radius 1 is 1.00 bits per heavy atom. The average Bonchev–Trinajstić information content (AvgIpc) is 2.27. The third-order valence-electron chi connectivity index (χ3n) is 3.74. The van der Waals surface area contributed by atoms with Crippen LogP contribution in [-0.4, -0.2) is 13.1 Å². The fourth-order valence-corrected chi connectivity index (χ4v) is 2.31. The number of hydrogen-bond acceptors (Lipinski definition) is 1. The number of benzene rings is 1. The lowest BCUT2D eigenvalue weighted by molar-refractivity contribution is 0.521. The van der Waals surface area contributed by atoms with Crippen LogP contribution >= 0.6 is 0 Å². The molecule has 2 unspecified atom stereocenters. The number of hydrogen-bond donors (Lipinski definition) is 1. The van der Waals surface area contributed by atoms with Crippen molar-refractivity contribution in [1.29, 1.82) is 0 Å². The molecule has 2 atom stereocenters. The molecule has 0 spiro atoms. The van der Waals surface area contributed by atoms with Gasteiger partial charge in [0.1, 0.15) is 0 Å². The summed E-state index contributed by atoms with van der Waals surface area (Å²) < 4.78 is 0. The quantitative estimate of drug-likeness (QED) is 0.811. The number of rotatable bonds is 4. The zero-order chi connectivity index (χ0) is 12.3. The van der Waals surface area contributed by atoms with Crippen LogP contribution in [0, 0.1) is 6.92 Å².